The van der Waals surface area contributed by atoms with Gasteiger partial charge in [-0.2, -0.15) is 0 Å². The molecule has 0 atom stereocenters. The standard InChI is InChI=1S/C15H17FN2/c1-2-7-18-11-12-3-4-15(16)14(10-12)13-5-8-17-9-6-13/h3-6,8-10,18H,2,7,11H2,1H3. The summed E-state index contributed by atoms with van der Waals surface area (Å²) in [5.74, 6) is -0.194. The van der Waals surface area contributed by atoms with Crippen LogP contribution in [0.4, 0.5) is 4.39 Å². The summed E-state index contributed by atoms with van der Waals surface area (Å²) in [7, 11) is 0. The van der Waals surface area contributed by atoms with E-state index in [1.54, 1.807) is 12.4 Å². The molecule has 0 fully saturated rings. The Morgan fingerprint density at radius 3 is 2.67 bits per heavy atom. The van der Waals surface area contributed by atoms with Crippen LogP contribution >= 0.6 is 0 Å². The van der Waals surface area contributed by atoms with Gasteiger partial charge in [0, 0.05) is 24.5 Å². The van der Waals surface area contributed by atoms with Gasteiger partial charge in [-0.15, -0.1) is 0 Å². The Balaban J connectivity index is 2.22. The smallest absolute Gasteiger partial charge is 0.131 e. The number of halogens is 1. The molecule has 0 aliphatic heterocycles. The molecule has 0 bridgehead atoms. The third-order valence-corrected chi connectivity index (χ3v) is 2.78. The van der Waals surface area contributed by atoms with E-state index in [0.29, 0.717) is 5.56 Å². The molecule has 1 aromatic carbocycles. The second-order valence-corrected chi connectivity index (χ2v) is 4.23. The van der Waals surface area contributed by atoms with Crippen LogP contribution in [0.15, 0.2) is 42.7 Å². The third-order valence-electron chi connectivity index (χ3n) is 2.78. The van der Waals surface area contributed by atoms with E-state index >= 15 is 0 Å². The van der Waals surface area contributed by atoms with Crippen molar-refractivity contribution in [3.63, 3.8) is 0 Å². The highest BCUT2D eigenvalue weighted by Gasteiger charge is 2.05. The fourth-order valence-corrected chi connectivity index (χ4v) is 1.84. The van der Waals surface area contributed by atoms with E-state index in [1.807, 2.05) is 24.3 Å². The monoisotopic (exact) mass is 244 g/mol. The highest BCUT2D eigenvalue weighted by Crippen LogP contribution is 2.23. The molecular weight excluding hydrogens is 227 g/mol. The van der Waals surface area contributed by atoms with Crippen molar-refractivity contribution in [1.29, 1.82) is 0 Å². The fraction of sp³-hybridized carbons (Fsp3) is 0.267. The highest BCUT2D eigenvalue weighted by atomic mass is 19.1. The van der Waals surface area contributed by atoms with Crippen LogP contribution < -0.4 is 5.32 Å². The molecule has 2 nitrogen and oxygen atoms in total. The molecule has 2 aromatic rings. The van der Waals surface area contributed by atoms with Gasteiger partial charge in [-0.25, -0.2) is 4.39 Å². The maximum atomic E-state index is 13.8. The number of hydrogen-bond donors (Lipinski definition) is 1. The molecule has 0 aliphatic carbocycles. The van der Waals surface area contributed by atoms with E-state index in [-0.39, 0.29) is 5.82 Å². The fourth-order valence-electron chi connectivity index (χ4n) is 1.84. The first-order chi connectivity index (χ1) is 8.81. The van der Waals surface area contributed by atoms with Gasteiger partial charge in [0.05, 0.1) is 0 Å². The molecule has 94 valence electrons. The molecule has 1 N–H and O–H groups in total. The summed E-state index contributed by atoms with van der Waals surface area (Å²) in [4.78, 5) is 3.95. The molecule has 2 rings (SSSR count). The quantitative estimate of drug-likeness (QED) is 0.815. The number of rotatable bonds is 5. The summed E-state index contributed by atoms with van der Waals surface area (Å²) in [5, 5.41) is 3.31. The zero-order chi connectivity index (χ0) is 12.8. The first kappa shape index (κ1) is 12.7. The lowest BCUT2D eigenvalue weighted by atomic mass is 10.0. The third kappa shape index (κ3) is 3.14. The number of nitrogens with one attached hydrogen (secondary N) is 1. The minimum atomic E-state index is -0.194. The number of pyridine rings is 1. The molecule has 0 amide bonds. The van der Waals surface area contributed by atoms with Gasteiger partial charge in [0.15, 0.2) is 0 Å². The SMILES string of the molecule is CCCNCc1ccc(F)c(-c2ccncc2)c1. The van der Waals surface area contributed by atoms with Crippen LogP contribution in [0.2, 0.25) is 0 Å². The van der Waals surface area contributed by atoms with Crippen LogP contribution in [0.1, 0.15) is 18.9 Å². The minimum Gasteiger partial charge on any atom is -0.313 e. The van der Waals surface area contributed by atoms with Crippen LogP contribution in [0.25, 0.3) is 11.1 Å². The van der Waals surface area contributed by atoms with Crippen molar-refractivity contribution in [2.45, 2.75) is 19.9 Å². The summed E-state index contributed by atoms with van der Waals surface area (Å²) in [6, 6.07) is 8.89. The average Bonchev–Trinajstić information content (AvgIpc) is 2.42. The molecule has 0 radical (unpaired) electrons. The number of nitrogens with zero attached hydrogens (tertiary/aromatic N) is 1. The van der Waals surface area contributed by atoms with E-state index < -0.39 is 0 Å². The molecule has 0 aliphatic rings. The molecule has 18 heavy (non-hydrogen) atoms. The topological polar surface area (TPSA) is 24.9 Å². The van der Waals surface area contributed by atoms with Gasteiger partial charge in [-0.3, -0.25) is 4.98 Å². The predicted molar refractivity (Wildman–Crippen MR) is 71.6 cm³/mol. The maximum absolute atomic E-state index is 13.8. The van der Waals surface area contributed by atoms with E-state index in [9.17, 15) is 4.39 Å². The molecular formula is C15H17FN2. The first-order valence-corrected chi connectivity index (χ1v) is 6.21. The summed E-state index contributed by atoms with van der Waals surface area (Å²) >= 11 is 0. The first-order valence-electron chi connectivity index (χ1n) is 6.21. The molecule has 0 saturated heterocycles. The Morgan fingerprint density at radius 2 is 1.94 bits per heavy atom. The second kappa shape index (κ2) is 6.26. The van der Waals surface area contributed by atoms with Gasteiger partial charge in [0.1, 0.15) is 5.82 Å². The number of aromatic nitrogens is 1. The van der Waals surface area contributed by atoms with E-state index in [0.717, 1.165) is 30.6 Å². The van der Waals surface area contributed by atoms with Crippen molar-refractivity contribution in [3.05, 3.63) is 54.1 Å². The summed E-state index contributed by atoms with van der Waals surface area (Å²) in [5.41, 5.74) is 2.59. The highest BCUT2D eigenvalue weighted by molar-refractivity contribution is 5.64. The van der Waals surface area contributed by atoms with Crippen LogP contribution in [0.3, 0.4) is 0 Å². The van der Waals surface area contributed by atoms with Crippen molar-refractivity contribution in [1.82, 2.24) is 10.3 Å². The van der Waals surface area contributed by atoms with Crippen molar-refractivity contribution in [2.75, 3.05) is 6.54 Å². The van der Waals surface area contributed by atoms with E-state index in [4.69, 9.17) is 0 Å². The Morgan fingerprint density at radius 1 is 1.17 bits per heavy atom. The second-order valence-electron chi connectivity index (χ2n) is 4.23. The Labute approximate surface area is 107 Å². The predicted octanol–water partition coefficient (Wildman–Crippen LogP) is 3.39. The van der Waals surface area contributed by atoms with Gasteiger partial charge >= 0.3 is 0 Å². The van der Waals surface area contributed by atoms with Gasteiger partial charge in [0.25, 0.3) is 0 Å². The van der Waals surface area contributed by atoms with Crippen molar-refractivity contribution in [3.8, 4) is 11.1 Å². The normalized spacial score (nSPS) is 10.6. The lowest BCUT2D eigenvalue weighted by Crippen LogP contribution is -2.13. The van der Waals surface area contributed by atoms with Crippen molar-refractivity contribution in [2.24, 2.45) is 0 Å². The van der Waals surface area contributed by atoms with Gasteiger partial charge in [0.2, 0.25) is 0 Å². The lowest BCUT2D eigenvalue weighted by molar-refractivity contribution is 0.628. The van der Waals surface area contributed by atoms with Crippen molar-refractivity contribution >= 4 is 0 Å². The number of hydrogen-bond acceptors (Lipinski definition) is 2. The summed E-state index contributed by atoms with van der Waals surface area (Å²) in [6.07, 6.45) is 4.45. The summed E-state index contributed by atoms with van der Waals surface area (Å²) < 4.78 is 13.8. The average molecular weight is 244 g/mol. The maximum Gasteiger partial charge on any atom is 0.131 e. The van der Waals surface area contributed by atoms with Gasteiger partial charge < -0.3 is 5.32 Å². The lowest BCUT2D eigenvalue weighted by Gasteiger charge is -2.08. The van der Waals surface area contributed by atoms with Crippen LogP contribution in [-0.4, -0.2) is 11.5 Å². The van der Waals surface area contributed by atoms with Crippen LogP contribution in [0, 0.1) is 5.82 Å². The largest absolute Gasteiger partial charge is 0.313 e. The summed E-state index contributed by atoms with van der Waals surface area (Å²) in [6.45, 7) is 3.87. The zero-order valence-electron chi connectivity index (χ0n) is 10.5. The van der Waals surface area contributed by atoms with Crippen molar-refractivity contribution < 1.29 is 4.39 Å². The molecule has 0 spiro atoms. The Bertz CT molecular complexity index is 497. The Hall–Kier alpha value is -1.74. The molecule has 0 unspecified atom stereocenters. The van der Waals surface area contributed by atoms with Crippen LogP contribution in [-0.2, 0) is 6.54 Å². The zero-order valence-corrected chi connectivity index (χ0v) is 10.5. The minimum absolute atomic E-state index is 0.194. The van der Waals surface area contributed by atoms with Gasteiger partial charge in [-0.05, 0) is 48.4 Å². The molecule has 0 saturated carbocycles. The van der Waals surface area contributed by atoms with E-state index in [1.165, 1.54) is 6.07 Å². The van der Waals surface area contributed by atoms with E-state index in [2.05, 4.69) is 17.2 Å². The molecule has 3 heteroatoms. The Kier molecular flexibility index (Phi) is 4.42. The molecule has 1 aromatic heterocycles. The number of benzene rings is 1. The molecule has 1 heterocycles. The van der Waals surface area contributed by atoms with Gasteiger partial charge in [-0.1, -0.05) is 13.0 Å². The van der Waals surface area contributed by atoms with Crippen LogP contribution in [0.5, 0.6) is 0 Å².